The Kier molecular flexibility index (Phi) is 3.33. The lowest BCUT2D eigenvalue weighted by Gasteiger charge is -1.95. The minimum atomic E-state index is 0.490. The molecule has 0 aliphatic carbocycles. The van der Waals surface area contributed by atoms with E-state index in [1.807, 2.05) is 48.8 Å². The number of halogens is 2. The third kappa shape index (κ3) is 2.42. The topological polar surface area (TPSA) is 70.5 Å². The Morgan fingerprint density at radius 1 is 0.720 bits per heavy atom. The number of benzene rings is 2. The number of hydrogen-bond donors (Lipinski definition) is 2. The number of aromatic nitrogens is 4. The molecule has 3 heterocycles. The number of rotatable bonds is 2. The van der Waals surface area contributed by atoms with Crippen molar-refractivity contribution in [3.63, 3.8) is 0 Å². The average Bonchev–Trinajstić information content (AvgIpc) is 3.30. The van der Waals surface area contributed by atoms with E-state index in [2.05, 4.69) is 52.0 Å². The summed E-state index contributed by atoms with van der Waals surface area (Å²) in [5, 5.41) is 10.6. The molecule has 5 aromatic rings. The summed E-state index contributed by atoms with van der Waals surface area (Å²) in [7, 11) is 0. The first-order valence-corrected chi connectivity index (χ1v) is 9.15. The van der Waals surface area contributed by atoms with Gasteiger partial charge in [0.15, 0.2) is 0 Å². The van der Waals surface area contributed by atoms with Crippen molar-refractivity contribution in [2.45, 2.75) is 0 Å². The standard InChI is InChI=1S/C18H10Br2N4O/c19-9-1-3-15-11(5-9)13(7-21-15)17-23-24-18(25-17)14-8-22-16-4-2-10(20)6-12(14)16/h1-8,21-22H. The van der Waals surface area contributed by atoms with Crippen molar-refractivity contribution < 1.29 is 4.42 Å². The van der Waals surface area contributed by atoms with E-state index in [1.54, 1.807) is 0 Å². The van der Waals surface area contributed by atoms with E-state index in [0.717, 1.165) is 41.9 Å². The molecule has 0 unspecified atom stereocenters. The molecular formula is C18H10Br2N4O. The molecule has 7 heteroatoms. The van der Waals surface area contributed by atoms with Crippen LogP contribution < -0.4 is 0 Å². The lowest BCUT2D eigenvalue weighted by molar-refractivity contribution is 0.586. The number of fused-ring (bicyclic) bond motifs is 2. The molecule has 2 N–H and O–H groups in total. The van der Waals surface area contributed by atoms with Crippen LogP contribution in [0.2, 0.25) is 0 Å². The molecule has 0 saturated carbocycles. The second-order valence-corrected chi connectivity index (χ2v) is 7.53. The fraction of sp³-hybridized carbons (Fsp3) is 0. The molecule has 5 rings (SSSR count). The van der Waals surface area contributed by atoms with E-state index in [9.17, 15) is 0 Å². The molecule has 0 saturated heterocycles. The van der Waals surface area contributed by atoms with Crippen LogP contribution in [0, 0.1) is 0 Å². The molecule has 0 atom stereocenters. The van der Waals surface area contributed by atoms with Crippen LogP contribution in [0.1, 0.15) is 0 Å². The zero-order chi connectivity index (χ0) is 17.0. The van der Waals surface area contributed by atoms with E-state index >= 15 is 0 Å². The minimum Gasteiger partial charge on any atom is -0.416 e. The summed E-state index contributed by atoms with van der Waals surface area (Å²) in [6.45, 7) is 0. The number of nitrogens with zero attached hydrogens (tertiary/aromatic N) is 2. The van der Waals surface area contributed by atoms with Crippen LogP contribution in [0.5, 0.6) is 0 Å². The molecule has 0 amide bonds. The first-order chi connectivity index (χ1) is 12.2. The van der Waals surface area contributed by atoms with Crippen LogP contribution in [0.4, 0.5) is 0 Å². The van der Waals surface area contributed by atoms with E-state index < -0.39 is 0 Å². The van der Waals surface area contributed by atoms with Crippen LogP contribution >= 0.6 is 31.9 Å². The van der Waals surface area contributed by atoms with Gasteiger partial charge in [0.1, 0.15) is 0 Å². The molecule has 0 aliphatic heterocycles. The van der Waals surface area contributed by atoms with Gasteiger partial charge in [0.25, 0.3) is 0 Å². The SMILES string of the molecule is Brc1ccc2[nH]cc(-c3nnc(-c4c[nH]c5ccc(Br)cc45)o3)c2c1. The molecule has 122 valence electrons. The molecule has 0 spiro atoms. The predicted molar refractivity (Wildman–Crippen MR) is 104 cm³/mol. The Morgan fingerprint density at radius 3 is 1.68 bits per heavy atom. The molecule has 0 bridgehead atoms. The van der Waals surface area contributed by atoms with Gasteiger partial charge in [0, 0.05) is 43.1 Å². The van der Waals surface area contributed by atoms with Crippen LogP contribution in [0.15, 0.2) is 62.2 Å². The summed E-state index contributed by atoms with van der Waals surface area (Å²) >= 11 is 7.01. The fourth-order valence-corrected chi connectivity index (χ4v) is 3.70. The van der Waals surface area contributed by atoms with Crippen LogP contribution in [0.3, 0.4) is 0 Å². The van der Waals surface area contributed by atoms with Gasteiger partial charge in [0.05, 0.1) is 11.1 Å². The van der Waals surface area contributed by atoms with Crippen molar-refractivity contribution in [1.29, 1.82) is 0 Å². The van der Waals surface area contributed by atoms with Gasteiger partial charge in [0.2, 0.25) is 11.8 Å². The summed E-state index contributed by atoms with van der Waals surface area (Å²) in [4.78, 5) is 6.47. The highest BCUT2D eigenvalue weighted by molar-refractivity contribution is 9.10. The smallest absolute Gasteiger partial charge is 0.250 e. The quantitative estimate of drug-likeness (QED) is 0.347. The van der Waals surface area contributed by atoms with Crippen molar-refractivity contribution in [1.82, 2.24) is 20.2 Å². The highest BCUT2D eigenvalue weighted by Gasteiger charge is 2.17. The molecule has 0 aliphatic rings. The van der Waals surface area contributed by atoms with Crippen LogP contribution in [-0.2, 0) is 0 Å². The highest BCUT2D eigenvalue weighted by Crippen LogP contribution is 2.34. The lowest BCUT2D eigenvalue weighted by atomic mass is 10.2. The van der Waals surface area contributed by atoms with Crippen molar-refractivity contribution in [2.75, 3.05) is 0 Å². The Labute approximate surface area is 158 Å². The maximum Gasteiger partial charge on any atom is 0.250 e. The normalized spacial score (nSPS) is 11.6. The number of nitrogens with one attached hydrogen (secondary N) is 2. The monoisotopic (exact) mass is 456 g/mol. The second kappa shape index (κ2) is 5.57. The molecule has 0 fully saturated rings. The zero-order valence-corrected chi connectivity index (χ0v) is 15.8. The number of hydrogen-bond acceptors (Lipinski definition) is 3. The maximum atomic E-state index is 5.98. The van der Waals surface area contributed by atoms with Gasteiger partial charge in [-0.2, -0.15) is 0 Å². The van der Waals surface area contributed by atoms with Crippen molar-refractivity contribution >= 4 is 53.7 Å². The Morgan fingerprint density at radius 2 is 1.20 bits per heavy atom. The Balaban J connectivity index is 1.65. The number of H-pyrrole nitrogens is 2. The first-order valence-electron chi connectivity index (χ1n) is 7.56. The third-order valence-electron chi connectivity index (χ3n) is 4.17. The highest BCUT2D eigenvalue weighted by atomic mass is 79.9. The van der Waals surface area contributed by atoms with E-state index in [4.69, 9.17) is 4.42 Å². The summed E-state index contributed by atoms with van der Waals surface area (Å²) < 4.78 is 7.98. The second-order valence-electron chi connectivity index (χ2n) is 5.70. The van der Waals surface area contributed by atoms with Gasteiger partial charge in [-0.3, -0.25) is 0 Å². The summed E-state index contributed by atoms with van der Waals surface area (Å²) in [6, 6.07) is 12.1. The molecular weight excluding hydrogens is 448 g/mol. The molecule has 3 aromatic heterocycles. The third-order valence-corrected chi connectivity index (χ3v) is 5.16. The van der Waals surface area contributed by atoms with Gasteiger partial charge in [-0.25, -0.2) is 0 Å². The largest absolute Gasteiger partial charge is 0.416 e. The lowest BCUT2D eigenvalue weighted by Crippen LogP contribution is -1.76. The summed E-state index contributed by atoms with van der Waals surface area (Å²) in [5.74, 6) is 0.979. The fourth-order valence-electron chi connectivity index (χ4n) is 2.98. The molecule has 2 aromatic carbocycles. The van der Waals surface area contributed by atoms with E-state index in [1.165, 1.54) is 0 Å². The van der Waals surface area contributed by atoms with Crippen molar-refractivity contribution in [3.8, 4) is 22.9 Å². The Hall–Kier alpha value is -2.38. The van der Waals surface area contributed by atoms with E-state index in [0.29, 0.717) is 11.8 Å². The van der Waals surface area contributed by atoms with E-state index in [-0.39, 0.29) is 0 Å². The van der Waals surface area contributed by atoms with Crippen LogP contribution in [-0.4, -0.2) is 20.2 Å². The molecule has 5 nitrogen and oxygen atoms in total. The minimum absolute atomic E-state index is 0.490. The maximum absolute atomic E-state index is 5.98. The predicted octanol–water partition coefficient (Wildman–Crippen LogP) is 5.89. The van der Waals surface area contributed by atoms with Gasteiger partial charge in [-0.15, -0.1) is 10.2 Å². The van der Waals surface area contributed by atoms with Gasteiger partial charge in [-0.1, -0.05) is 31.9 Å². The average molecular weight is 458 g/mol. The van der Waals surface area contributed by atoms with Crippen molar-refractivity contribution in [2.24, 2.45) is 0 Å². The summed E-state index contributed by atoms with van der Waals surface area (Å²) in [5.41, 5.74) is 3.81. The molecule has 0 radical (unpaired) electrons. The van der Waals surface area contributed by atoms with Crippen LogP contribution in [0.25, 0.3) is 44.7 Å². The summed E-state index contributed by atoms with van der Waals surface area (Å²) in [6.07, 6.45) is 3.78. The van der Waals surface area contributed by atoms with Gasteiger partial charge >= 0.3 is 0 Å². The number of aromatic amines is 2. The van der Waals surface area contributed by atoms with Gasteiger partial charge in [-0.05, 0) is 36.4 Å². The van der Waals surface area contributed by atoms with Crippen molar-refractivity contribution in [3.05, 3.63) is 57.7 Å². The Bertz CT molecular complexity index is 1140. The zero-order valence-electron chi connectivity index (χ0n) is 12.7. The van der Waals surface area contributed by atoms with Gasteiger partial charge < -0.3 is 14.4 Å². The first kappa shape index (κ1) is 14.9. The molecule has 25 heavy (non-hydrogen) atoms.